The quantitative estimate of drug-likeness (QED) is 0.615. The molecule has 90 valence electrons. The second-order valence-corrected chi connectivity index (χ2v) is 3.73. The monoisotopic (exact) mass is 241 g/mol. The van der Waals surface area contributed by atoms with E-state index in [0.29, 0.717) is 17.2 Å². The Morgan fingerprint density at radius 3 is 2.56 bits per heavy atom. The standard InChI is InChI=1S/C11H11N7/c12-9-8(10-15-11(13)17-16-10)6-14-18(9)7-4-2-1-3-5-7/h1-6H,12H2,(H3,13,15,16,17). The highest BCUT2D eigenvalue weighted by Crippen LogP contribution is 2.24. The molecule has 2 aromatic heterocycles. The Balaban J connectivity index is 2.08. The van der Waals surface area contributed by atoms with E-state index < -0.39 is 0 Å². The number of para-hydroxylation sites is 1. The molecule has 2 heterocycles. The molecular formula is C11H11N7. The molecule has 5 N–H and O–H groups in total. The van der Waals surface area contributed by atoms with Gasteiger partial charge < -0.3 is 11.5 Å². The van der Waals surface area contributed by atoms with Crippen molar-refractivity contribution in [2.75, 3.05) is 11.5 Å². The molecule has 0 saturated heterocycles. The minimum Gasteiger partial charge on any atom is -0.383 e. The van der Waals surface area contributed by atoms with Crippen molar-refractivity contribution in [2.24, 2.45) is 0 Å². The van der Waals surface area contributed by atoms with E-state index in [0.717, 1.165) is 5.69 Å². The number of H-pyrrole nitrogens is 1. The molecule has 0 unspecified atom stereocenters. The van der Waals surface area contributed by atoms with Gasteiger partial charge >= 0.3 is 0 Å². The fourth-order valence-electron chi connectivity index (χ4n) is 1.71. The lowest BCUT2D eigenvalue weighted by molar-refractivity contribution is 0.891. The summed E-state index contributed by atoms with van der Waals surface area (Å²) in [6.07, 6.45) is 1.63. The second-order valence-electron chi connectivity index (χ2n) is 3.73. The maximum absolute atomic E-state index is 6.05. The summed E-state index contributed by atoms with van der Waals surface area (Å²) in [4.78, 5) is 4.03. The Hall–Kier alpha value is -2.83. The van der Waals surface area contributed by atoms with E-state index in [2.05, 4.69) is 20.3 Å². The van der Waals surface area contributed by atoms with Crippen molar-refractivity contribution in [2.45, 2.75) is 0 Å². The SMILES string of the molecule is Nc1n[nH]c(-c2cnn(-c3ccccc3)c2N)n1. The molecule has 0 aliphatic rings. The predicted octanol–water partition coefficient (Wildman–Crippen LogP) is 0.822. The van der Waals surface area contributed by atoms with E-state index in [1.165, 1.54) is 0 Å². The van der Waals surface area contributed by atoms with Crippen LogP contribution in [0, 0.1) is 0 Å². The number of nitrogens with zero attached hydrogens (tertiary/aromatic N) is 4. The number of nitrogens with two attached hydrogens (primary N) is 2. The number of anilines is 2. The highest BCUT2D eigenvalue weighted by atomic mass is 15.3. The lowest BCUT2D eigenvalue weighted by Gasteiger charge is -2.03. The first-order chi connectivity index (χ1) is 8.75. The van der Waals surface area contributed by atoms with E-state index in [1.807, 2.05) is 30.3 Å². The zero-order valence-electron chi connectivity index (χ0n) is 9.41. The molecule has 0 radical (unpaired) electrons. The van der Waals surface area contributed by atoms with Crippen molar-refractivity contribution < 1.29 is 0 Å². The number of aromatic amines is 1. The molecule has 0 spiro atoms. The van der Waals surface area contributed by atoms with Crippen molar-refractivity contribution >= 4 is 11.8 Å². The molecule has 7 nitrogen and oxygen atoms in total. The van der Waals surface area contributed by atoms with Gasteiger partial charge in [-0.3, -0.25) is 5.10 Å². The van der Waals surface area contributed by atoms with E-state index in [1.54, 1.807) is 10.9 Å². The molecule has 0 atom stereocenters. The van der Waals surface area contributed by atoms with Gasteiger partial charge in [-0.25, -0.2) is 4.68 Å². The van der Waals surface area contributed by atoms with Gasteiger partial charge in [-0.2, -0.15) is 10.1 Å². The number of nitrogens with one attached hydrogen (secondary N) is 1. The Bertz CT molecular complexity index is 668. The Labute approximate surface area is 102 Å². The van der Waals surface area contributed by atoms with Crippen molar-refractivity contribution in [3.8, 4) is 17.1 Å². The van der Waals surface area contributed by atoms with Gasteiger partial charge in [-0.05, 0) is 12.1 Å². The van der Waals surface area contributed by atoms with Crippen LogP contribution < -0.4 is 11.5 Å². The number of hydrogen-bond donors (Lipinski definition) is 3. The number of benzene rings is 1. The predicted molar refractivity (Wildman–Crippen MR) is 67.8 cm³/mol. The Kier molecular flexibility index (Phi) is 2.23. The highest BCUT2D eigenvalue weighted by Gasteiger charge is 2.13. The van der Waals surface area contributed by atoms with Crippen molar-refractivity contribution in [3.63, 3.8) is 0 Å². The first-order valence-electron chi connectivity index (χ1n) is 5.33. The minimum absolute atomic E-state index is 0.178. The van der Waals surface area contributed by atoms with E-state index in [-0.39, 0.29) is 5.95 Å². The molecular weight excluding hydrogens is 230 g/mol. The maximum Gasteiger partial charge on any atom is 0.239 e. The zero-order valence-corrected chi connectivity index (χ0v) is 9.41. The van der Waals surface area contributed by atoms with Crippen LogP contribution in [-0.2, 0) is 0 Å². The van der Waals surface area contributed by atoms with Gasteiger partial charge in [0.05, 0.1) is 17.4 Å². The third-order valence-electron chi connectivity index (χ3n) is 2.57. The average molecular weight is 241 g/mol. The lowest BCUT2D eigenvalue weighted by atomic mass is 10.3. The molecule has 3 rings (SSSR count). The van der Waals surface area contributed by atoms with Gasteiger partial charge in [-0.15, -0.1) is 5.10 Å². The molecule has 18 heavy (non-hydrogen) atoms. The third kappa shape index (κ3) is 1.58. The maximum atomic E-state index is 6.05. The Morgan fingerprint density at radius 1 is 1.11 bits per heavy atom. The third-order valence-corrected chi connectivity index (χ3v) is 2.57. The van der Waals surface area contributed by atoms with Crippen LogP contribution in [0.25, 0.3) is 17.1 Å². The van der Waals surface area contributed by atoms with Crippen LogP contribution in [0.15, 0.2) is 36.5 Å². The second kappa shape index (κ2) is 3.88. The summed E-state index contributed by atoms with van der Waals surface area (Å²) < 4.78 is 1.63. The average Bonchev–Trinajstić information content (AvgIpc) is 2.97. The van der Waals surface area contributed by atoms with Crippen LogP contribution in [0.1, 0.15) is 0 Å². The fraction of sp³-hybridized carbons (Fsp3) is 0. The summed E-state index contributed by atoms with van der Waals surface area (Å²) in [7, 11) is 0. The molecule has 0 aliphatic heterocycles. The number of nitrogen functional groups attached to an aromatic ring is 2. The lowest BCUT2D eigenvalue weighted by Crippen LogP contribution is -2.02. The number of aromatic nitrogens is 5. The molecule has 0 aliphatic carbocycles. The van der Waals surface area contributed by atoms with Crippen molar-refractivity contribution in [1.82, 2.24) is 25.0 Å². The smallest absolute Gasteiger partial charge is 0.239 e. The summed E-state index contributed by atoms with van der Waals surface area (Å²) in [5, 5.41) is 10.7. The van der Waals surface area contributed by atoms with Gasteiger partial charge in [0.15, 0.2) is 5.82 Å². The summed E-state index contributed by atoms with van der Waals surface area (Å²) in [5.41, 5.74) is 13.1. The van der Waals surface area contributed by atoms with Gasteiger partial charge in [0, 0.05) is 0 Å². The van der Waals surface area contributed by atoms with Crippen molar-refractivity contribution in [3.05, 3.63) is 36.5 Å². The first-order valence-corrected chi connectivity index (χ1v) is 5.33. The summed E-state index contributed by atoms with van der Waals surface area (Å²) in [6.45, 7) is 0. The normalized spacial score (nSPS) is 10.7. The molecule has 7 heteroatoms. The molecule has 0 bridgehead atoms. The van der Waals surface area contributed by atoms with Crippen LogP contribution in [-0.4, -0.2) is 25.0 Å². The van der Waals surface area contributed by atoms with Gasteiger partial charge in [0.1, 0.15) is 5.82 Å². The van der Waals surface area contributed by atoms with Crippen molar-refractivity contribution in [1.29, 1.82) is 0 Å². The van der Waals surface area contributed by atoms with E-state index in [9.17, 15) is 0 Å². The van der Waals surface area contributed by atoms with Gasteiger partial charge in [0.2, 0.25) is 5.95 Å². The molecule has 3 aromatic rings. The fourth-order valence-corrected chi connectivity index (χ4v) is 1.71. The number of hydrogen-bond acceptors (Lipinski definition) is 5. The molecule has 0 fully saturated rings. The van der Waals surface area contributed by atoms with Crippen LogP contribution in [0.5, 0.6) is 0 Å². The number of rotatable bonds is 2. The minimum atomic E-state index is 0.178. The van der Waals surface area contributed by atoms with E-state index >= 15 is 0 Å². The van der Waals surface area contributed by atoms with Crippen LogP contribution >= 0.6 is 0 Å². The summed E-state index contributed by atoms with van der Waals surface area (Å²) >= 11 is 0. The van der Waals surface area contributed by atoms with Crippen LogP contribution in [0.4, 0.5) is 11.8 Å². The summed E-state index contributed by atoms with van der Waals surface area (Å²) in [6, 6.07) is 9.61. The van der Waals surface area contributed by atoms with E-state index in [4.69, 9.17) is 11.5 Å². The zero-order chi connectivity index (χ0) is 12.5. The molecule has 1 aromatic carbocycles. The van der Waals surface area contributed by atoms with Gasteiger partial charge in [0.25, 0.3) is 0 Å². The Morgan fingerprint density at radius 2 is 1.89 bits per heavy atom. The summed E-state index contributed by atoms with van der Waals surface area (Å²) in [5.74, 6) is 1.17. The molecule has 0 saturated carbocycles. The topological polar surface area (TPSA) is 111 Å². The van der Waals surface area contributed by atoms with Crippen LogP contribution in [0.2, 0.25) is 0 Å². The van der Waals surface area contributed by atoms with Crippen LogP contribution in [0.3, 0.4) is 0 Å². The molecule has 0 amide bonds. The first kappa shape index (κ1) is 10.3. The van der Waals surface area contributed by atoms with Gasteiger partial charge in [-0.1, -0.05) is 18.2 Å². The largest absolute Gasteiger partial charge is 0.383 e. The highest BCUT2D eigenvalue weighted by molar-refractivity contribution is 5.69.